The van der Waals surface area contributed by atoms with E-state index in [1.165, 1.54) is 6.07 Å². The Balaban J connectivity index is 2.45. The first kappa shape index (κ1) is 13.7. The Labute approximate surface area is 114 Å². The third-order valence-corrected chi connectivity index (χ3v) is 4.24. The number of aromatic amines is 1. The van der Waals surface area contributed by atoms with Crippen LogP contribution in [0.3, 0.4) is 0 Å². The molecule has 0 saturated heterocycles. The van der Waals surface area contributed by atoms with Crippen LogP contribution in [-0.4, -0.2) is 32.1 Å². The van der Waals surface area contributed by atoms with Crippen molar-refractivity contribution in [2.75, 3.05) is 6.26 Å². The molecule has 1 aromatic carbocycles. The molecule has 0 spiro atoms. The fourth-order valence-corrected chi connectivity index (χ4v) is 2.35. The Morgan fingerprint density at radius 1 is 1.53 bits per heavy atom. The predicted octanol–water partition coefficient (Wildman–Crippen LogP) is 2.17. The number of hydrogen-bond donors (Lipinski definition) is 2. The van der Waals surface area contributed by atoms with Crippen LogP contribution in [0.15, 0.2) is 23.0 Å². The van der Waals surface area contributed by atoms with Gasteiger partial charge in [0.05, 0.1) is 16.6 Å². The summed E-state index contributed by atoms with van der Waals surface area (Å²) >= 11 is 1.75. The molecule has 0 bridgehead atoms. The maximum atomic E-state index is 11.9. The predicted molar refractivity (Wildman–Crippen MR) is 77.1 cm³/mol. The van der Waals surface area contributed by atoms with E-state index in [2.05, 4.69) is 11.9 Å². The number of imidazole rings is 1. The number of aromatic carboxylic acids is 1. The van der Waals surface area contributed by atoms with Gasteiger partial charge in [-0.2, -0.15) is 11.8 Å². The molecule has 19 heavy (non-hydrogen) atoms. The average Bonchev–Trinajstić information content (AvgIpc) is 2.71. The highest BCUT2D eigenvalue weighted by molar-refractivity contribution is 7.99. The number of rotatable bonds is 5. The third-order valence-electron chi connectivity index (χ3n) is 3.20. The highest BCUT2D eigenvalue weighted by Crippen LogP contribution is 2.17. The summed E-state index contributed by atoms with van der Waals surface area (Å²) in [6.07, 6.45) is 2.90. The number of aromatic nitrogens is 2. The van der Waals surface area contributed by atoms with Gasteiger partial charge in [0.15, 0.2) is 0 Å². The van der Waals surface area contributed by atoms with Crippen LogP contribution in [0.25, 0.3) is 11.0 Å². The number of carboxylic acid groups (broad SMARTS) is 1. The molecule has 0 aliphatic carbocycles. The molecular weight excluding hydrogens is 264 g/mol. The molecule has 2 rings (SSSR count). The number of hydrogen-bond acceptors (Lipinski definition) is 3. The standard InChI is InChI=1S/C13H16N2O3S/c1-8(19-2)6-7-15-10-5-3-4-9(12(16)17)11(10)14-13(15)18/h3-5,8H,6-7H2,1-2H3,(H,14,18)(H,16,17). The molecule has 1 heterocycles. The number of carbonyl (C=O) groups is 1. The summed E-state index contributed by atoms with van der Waals surface area (Å²) in [5.41, 5.74) is 0.929. The SMILES string of the molecule is CSC(C)CCn1c(=O)[nH]c2c(C(=O)O)cccc21. The Hall–Kier alpha value is -1.69. The lowest BCUT2D eigenvalue weighted by molar-refractivity contribution is 0.0699. The zero-order valence-corrected chi connectivity index (χ0v) is 11.7. The molecule has 0 fully saturated rings. The van der Waals surface area contributed by atoms with Gasteiger partial charge in [-0.25, -0.2) is 9.59 Å². The average molecular weight is 280 g/mol. The molecule has 2 aromatic rings. The highest BCUT2D eigenvalue weighted by atomic mass is 32.2. The van der Waals surface area contributed by atoms with Crippen molar-refractivity contribution < 1.29 is 9.90 Å². The Morgan fingerprint density at radius 2 is 2.26 bits per heavy atom. The first-order valence-corrected chi connectivity index (χ1v) is 7.31. The van der Waals surface area contributed by atoms with Crippen molar-refractivity contribution in [1.82, 2.24) is 9.55 Å². The van der Waals surface area contributed by atoms with Crippen LogP contribution in [0, 0.1) is 0 Å². The second-order valence-electron chi connectivity index (χ2n) is 4.42. The largest absolute Gasteiger partial charge is 0.478 e. The topological polar surface area (TPSA) is 75.1 Å². The summed E-state index contributed by atoms with van der Waals surface area (Å²) in [6, 6.07) is 4.92. The highest BCUT2D eigenvalue weighted by Gasteiger charge is 2.14. The summed E-state index contributed by atoms with van der Waals surface area (Å²) in [6.45, 7) is 2.69. The third kappa shape index (κ3) is 2.68. The molecule has 2 N–H and O–H groups in total. The molecule has 0 amide bonds. The van der Waals surface area contributed by atoms with Crippen LogP contribution in [0.2, 0.25) is 0 Å². The normalized spacial score (nSPS) is 12.7. The molecule has 5 nitrogen and oxygen atoms in total. The number of nitrogens with one attached hydrogen (secondary N) is 1. The summed E-state index contributed by atoms with van der Waals surface area (Å²) in [5.74, 6) is -1.03. The Bertz CT molecular complexity index is 659. The van der Waals surface area contributed by atoms with Crippen molar-refractivity contribution in [2.45, 2.75) is 25.1 Å². The number of nitrogens with zero attached hydrogens (tertiary/aromatic N) is 1. The van der Waals surface area contributed by atoms with Gasteiger partial charge in [0.2, 0.25) is 0 Å². The lowest BCUT2D eigenvalue weighted by Gasteiger charge is -2.08. The van der Waals surface area contributed by atoms with Gasteiger partial charge in [-0.1, -0.05) is 13.0 Å². The number of carboxylic acids is 1. The molecule has 0 saturated carbocycles. The van der Waals surface area contributed by atoms with E-state index in [1.54, 1.807) is 28.5 Å². The van der Waals surface area contributed by atoms with E-state index in [-0.39, 0.29) is 11.3 Å². The molecule has 1 aromatic heterocycles. The van der Waals surface area contributed by atoms with Gasteiger partial charge in [-0.05, 0) is 24.8 Å². The monoisotopic (exact) mass is 280 g/mol. The van der Waals surface area contributed by atoms with Crippen LogP contribution >= 0.6 is 11.8 Å². The van der Waals surface area contributed by atoms with Gasteiger partial charge in [-0.3, -0.25) is 4.57 Å². The van der Waals surface area contributed by atoms with Crippen molar-refractivity contribution in [2.24, 2.45) is 0 Å². The number of thioether (sulfide) groups is 1. The van der Waals surface area contributed by atoms with Crippen LogP contribution in [0.4, 0.5) is 0 Å². The number of H-pyrrole nitrogens is 1. The Morgan fingerprint density at radius 3 is 2.89 bits per heavy atom. The first-order valence-electron chi connectivity index (χ1n) is 6.02. The molecule has 1 atom stereocenters. The minimum absolute atomic E-state index is 0.131. The summed E-state index contributed by atoms with van der Waals surface area (Å²) < 4.78 is 1.61. The molecule has 0 aliphatic rings. The minimum atomic E-state index is -1.03. The van der Waals surface area contributed by atoms with Gasteiger partial charge in [-0.15, -0.1) is 0 Å². The summed E-state index contributed by atoms with van der Waals surface area (Å²) in [5, 5.41) is 9.56. The van der Waals surface area contributed by atoms with Crippen molar-refractivity contribution in [1.29, 1.82) is 0 Å². The van der Waals surface area contributed by atoms with E-state index in [0.29, 0.717) is 22.8 Å². The molecule has 102 valence electrons. The van der Waals surface area contributed by atoms with Gasteiger partial charge in [0.1, 0.15) is 0 Å². The second kappa shape index (κ2) is 5.52. The van der Waals surface area contributed by atoms with Crippen LogP contribution < -0.4 is 5.69 Å². The number of benzene rings is 1. The molecule has 0 radical (unpaired) electrons. The maximum absolute atomic E-state index is 11.9. The zero-order valence-electron chi connectivity index (χ0n) is 10.8. The number of fused-ring (bicyclic) bond motifs is 1. The molecule has 0 aliphatic heterocycles. The van der Waals surface area contributed by atoms with Gasteiger partial charge in [0.25, 0.3) is 0 Å². The minimum Gasteiger partial charge on any atom is -0.478 e. The quantitative estimate of drug-likeness (QED) is 0.880. The molecular formula is C13H16N2O3S. The Kier molecular flexibility index (Phi) is 3.99. The van der Waals surface area contributed by atoms with Gasteiger partial charge in [0, 0.05) is 11.8 Å². The van der Waals surface area contributed by atoms with Crippen molar-refractivity contribution in [3.8, 4) is 0 Å². The fraction of sp³-hybridized carbons (Fsp3) is 0.385. The summed E-state index contributed by atoms with van der Waals surface area (Å²) in [4.78, 5) is 25.7. The smallest absolute Gasteiger partial charge is 0.337 e. The van der Waals surface area contributed by atoms with E-state index in [0.717, 1.165) is 6.42 Å². The van der Waals surface area contributed by atoms with E-state index in [1.807, 2.05) is 6.26 Å². The van der Waals surface area contributed by atoms with Crippen molar-refractivity contribution in [3.05, 3.63) is 34.2 Å². The molecule has 6 heteroatoms. The number of aryl methyl sites for hydroxylation is 1. The van der Waals surface area contributed by atoms with E-state index in [4.69, 9.17) is 5.11 Å². The van der Waals surface area contributed by atoms with Crippen molar-refractivity contribution >= 4 is 28.8 Å². The maximum Gasteiger partial charge on any atom is 0.337 e. The van der Waals surface area contributed by atoms with Gasteiger partial charge < -0.3 is 10.1 Å². The molecule has 1 unspecified atom stereocenters. The zero-order chi connectivity index (χ0) is 14.0. The number of para-hydroxylation sites is 1. The fourth-order valence-electron chi connectivity index (χ4n) is 2.01. The summed E-state index contributed by atoms with van der Waals surface area (Å²) in [7, 11) is 0. The van der Waals surface area contributed by atoms with Crippen LogP contribution in [0.1, 0.15) is 23.7 Å². The van der Waals surface area contributed by atoms with E-state index < -0.39 is 5.97 Å². The lowest BCUT2D eigenvalue weighted by Crippen LogP contribution is -2.18. The van der Waals surface area contributed by atoms with Crippen LogP contribution in [0.5, 0.6) is 0 Å². The van der Waals surface area contributed by atoms with Crippen molar-refractivity contribution in [3.63, 3.8) is 0 Å². The van der Waals surface area contributed by atoms with E-state index >= 15 is 0 Å². The first-order chi connectivity index (χ1) is 9.04. The lowest BCUT2D eigenvalue weighted by atomic mass is 10.2. The van der Waals surface area contributed by atoms with Gasteiger partial charge >= 0.3 is 11.7 Å². The van der Waals surface area contributed by atoms with Crippen LogP contribution in [-0.2, 0) is 6.54 Å². The van der Waals surface area contributed by atoms with E-state index in [9.17, 15) is 9.59 Å². The second-order valence-corrected chi connectivity index (χ2v) is 5.70.